The van der Waals surface area contributed by atoms with Crippen molar-refractivity contribution in [1.29, 1.82) is 0 Å². The lowest BCUT2D eigenvalue weighted by atomic mass is 9.80. The van der Waals surface area contributed by atoms with Crippen LogP contribution in [0.5, 0.6) is 5.75 Å². The largest absolute Gasteiger partial charge is 0.435 e. The second-order valence-corrected chi connectivity index (χ2v) is 11.5. The van der Waals surface area contributed by atoms with Crippen molar-refractivity contribution in [2.75, 3.05) is 16.4 Å². The smallest absolute Gasteiger partial charge is 0.387 e. The van der Waals surface area contributed by atoms with Crippen LogP contribution in [0.4, 0.5) is 20.2 Å². The molecule has 4 rings (SSSR count). The van der Waals surface area contributed by atoms with Gasteiger partial charge in [-0.25, -0.2) is 8.42 Å². The molecule has 182 valence electrons. The highest BCUT2D eigenvalue weighted by molar-refractivity contribution is 7.91. The maximum absolute atomic E-state index is 13.5. The number of nitrogens with zero attached hydrogens (tertiary/aromatic N) is 1. The van der Waals surface area contributed by atoms with Crippen molar-refractivity contribution in [3.63, 3.8) is 0 Å². The van der Waals surface area contributed by atoms with Crippen LogP contribution in [0.3, 0.4) is 0 Å². The number of ether oxygens (including phenoxy) is 1. The van der Waals surface area contributed by atoms with Crippen molar-refractivity contribution >= 4 is 33.0 Å². The van der Waals surface area contributed by atoms with Gasteiger partial charge in [0.25, 0.3) is 5.91 Å². The number of rotatable bonds is 6. The molecule has 1 saturated heterocycles. The third kappa shape index (κ3) is 4.26. The third-order valence-electron chi connectivity index (χ3n) is 6.70. The molecule has 2 aliphatic rings. The van der Waals surface area contributed by atoms with Crippen molar-refractivity contribution in [2.45, 2.75) is 51.2 Å². The number of nitrogens with one attached hydrogen (secondary N) is 1. The number of carbonyl (C=O) groups is 2. The zero-order chi connectivity index (χ0) is 24.9. The number of carbonyl (C=O) groups excluding carboxylic acids is 2. The highest BCUT2D eigenvalue weighted by Gasteiger charge is 2.47. The quantitative estimate of drug-likeness (QED) is 0.660. The lowest BCUT2D eigenvalue weighted by Crippen LogP contribution is -2.47. The van der Waals surface area contributed by atoms with Gasteiger partial charge in [-0.1, -0.05) is 13.0 Å². The number of sulfone groups is 1. The van der Waals surface area contributed by atoms with Gasteiger partial charge in [-0.3, -0.25) is 14.5 Å². The van der Waals surface area contributed by atoms with E-state index in [0.717, 1.165) is 0 Å². The van der Waals surface area contributed by atoms with E-state index in [1.807, 2.05) is 6.92 Å². The van der Waals surface area contributed by atoms with Gasteiger partial charge in [0.15, 0.2) is 9.84 Å². The molecule has 2 aliphatic heterocycles. The van der Waals surface area contributed by atoms with Crippen LogP contribution >= 0.6 is 0 Å². The normalized spacial score (nSPS) is 25.5. The molecular weight excluding hydrogens is 466 g/mol. The summed E-state index contributed by atoms with van der Waals surface area (Å²) < 4.78 is 53.6. The molecule has 2 aromatic rings. The number of anilines is 2. The fraction of sp³-hybridized carbons (Fsp3) is 0.417. The number of hydrogen-bond donors (Lipinski definition) is 1. The van der Waals surface area contributed by atoms with Gasteiger partial charge in [0.05, 0.1) is 33.8 Å². The maximum atomic E-state index is 13.5. The molecule has 0 unspecified atom stereocenters. The monoisotopic (exact) mass is 492 g/mol. The molecule has 34 heavy (non-hydrogen) atoms. The lowest BCUT2D eigenvalue weighted by Gasteiger charge is -2.24. The second-order valence-electron chi connectivity index (χ2n) is 9.29. The molecule has 1 N–H and O–H groups in total. The summed E-state index contributed by atoms with van der Waals surface area (Å²) in [6.45, 7) is 2.35. The topological polar surface area (TPSA) is 92.8 Å². The Bertz CT molecular complexity index is 1270. The first-order valence-electron chi connectivity index (χ1n) is 10.9. The second kappa shape index (κ2) is 8.33. The Morgan fingerprint density at radius 2 is 1.94 bits per heavy atom. The predicted molar refractivity (Wildman–Crippen MR) is 123 cm³/mol. The van der Waals surface area contributed by atoms with Gasteiger partial charge in [-0.2, -0.15) is 8.78 Å². The summed E-state index contributed by atoms with van der Waals surface area (Å²) in [5.74, 6) is -0.820. The molecule has 2 amide bonds. The third-order valence-corrected chi connectivity index (χ3v) is 8.60. The Kier molecular flexibility index (Phi) is 5.91. The molecule has 0 saturated carbocycles. The summed E-state index contributed by atoms with van der Waals surface area (Å²) in [6.07, 6.45) is 0.783. The van der Waals surface area contributed by atoms with E-state index in [-0.39, 0.29) is 23.2 Å². The Hall–Kier alpha value is -3.01. The minimum absolute atomic E-state index is 0.0275. The molecule has 2 heterocycles. The van der Waals surface area contributed by atoms with E-state index in [4.69, 9.17) is 0 Å². The molecule has 7 nitrogen and oxygen atoms in total. The van der Waals surface area contributed by atoms with Crippen LogP contribution in [0.25, 0.3) is 0 Å². The zero-order valence-electron chi connectivity index (χ0n) is 19.1. The first-order valence-corrected chi connectivity index (χ1v) is 12.8. The summed E-state index contributed by atoms with van der Waals surface area (Å²) in [6, 6.07) is 10.8. The number of alkyl halides is 2. The van der Waals surface area contributed by atoms with E-state index < -0.39 is 33.3 Å². The predicted octanol–water partition coefficient (Wildman–Crippen LogP) is 3.94. The van der Waals surface area contributed by atoms with E-state index in [9.17, 15) is 26.8 Å². The Balaban J connectivity index is 1.69. The number of hydrogen-bond acceptors (Lipinski definition) is 5. The summed E-state index contributed by atoms with van der Waals surface area (Å²) >= 11 is 0. The molecule has 10 heteroatoms. The molecule has 0 aliphatic carbocycles. The van der Waals surface area contributed by atoms with Crippen LogP contribution in [0.15, 0.2) is 42.5 Å². The van der Waals surface area contributed by atoms with Gasteiger partial charge < -0.3 is 10.1 Å². The van der Waals surface area contributed by atoms with Crippen molar-refractivity contribution < 1.29 is 31.5 Å². The van der Waals surface area contributed by atoms with Crippen LogP contribution in [0.1, 0.15) is 49.5 Å². The van der Waals surface area contributed by atoms with E-state index in [1.165, 1.54) is 23.1 Å². The average Bonchev–Trinajstić information content (AvgIpc) is 3.17. The van der Waals surface area contributed by atoms with Gasteiger partial charge in [0.2, 0.25) is 5.91 Å². The first kappa shape index (κ1) is 24.1. The SMILES string of the molecule is CC[C@@]1(C)C(=O)N(c2cccc(OC(F)F)c2)c2ccc(C(=O)N[C@@]3(C)CCS(=O)(=O)C3)cc21. The molecule has 2 atom stereocenters. The standard InChI is InChI=1S/C24H26F2N2O5S/c1-4-24(3)18-12-15(20(29)27-23(2)10-11-34(31,32)14-23)8-9-19(18)28(21(24)30)16-6-5-7-17(13-16)33-22(25)26/h5-9,12-13,22H,4,10-11,14H2,1-3H3,(H,27,29)/t23-,24+/m0/s1. The van der Waals surface area contributed by atoms with Gasteiger partial charge in [0.1, 0.15) is 5.75 Å². The van der Waals surface area contributed by atoms with E-state index in [0.29, 0.717) is 35.3 Å². The van der Waals surface area contributed by atoms with Crippen LogP contribution < -0.4 is 15.0 Å². The van der Waals surface area contributed by atoms with E-state index in [1.54, 1.807) is 38.1 Å². The van der Waals surface area contributed by atoms with Crippen LogP contribution in [-0.4, -0.2) is 43.9 Å². The van der Waals surface area contributed by atoms with Crippen LogP contribution in [0, 0.1) is 0 Å². The van der Waals surface area contributed by atoms with Crippen LogP contribution in [-0.2, 0) is 20.0 Å². The van der Waals surface area contributed by atoms with Crippen molar-refractivity contribution in [3.05, 3.63) is 53.6 Å². The minimum atomic E-state index is -3.19. The number of amides is 2. The molecule has 0 spiro atoms. The fourth-order valence-electron chi connectivity index (χ4n) is 4.64. The van der Waals surface area contributed by atoms with Gasteiger partial charge in [0, 0.05) is 11.6 Å². The molecule has 0 radical (unpaired) electrons. The highest BCUT2D eigenvalue weighted by Crippen LogP contribution is 2.48. The number of fused-ring (bicyclic) bond motifs is 1. The van der Waals surface area contributed by atoms with E-state index >= 15 is 0 Å². The fourth-order valence-corrected chi connectivity index (χ4v) is 6.73. The summed E-state index contributed by atoms with van der Waals surface area (Å²) in [4.78, 5) is 28.0. The van der Waals surface area contributed by atoms with Gasteiger partial charge in [-0.05, 0) is 62.6 Å². The first-order chi connectivity index (χ1) is 15.9. The Morgan fingerprint density at radius 3 is 2.56 bits per heavy atom. The summed E-state index contributed by atoms with van der Waals surface area (Å²) in [5, 5.41) is 2.84. The molecule has 0 aromatic heterocycles. The molecular formula is C24H26F2N2O5S. The maximum Gasteiger partial charge on any atom is 0.387 e. The Morgan fingerprint density at radius 1 is 1.21 bits per heavy atom. The highest BCUT2D eigenvalue weighted by atomic mass is 32.2. The summed E-state index contributed by atoms with van der Waals surface area (Å²) in [7, 11) is -3.19. The van der Waals surface area contributed by atoms with Crippen LogP contribution in [0.2, 0.25) is 0 Å². The zero-order valence-corrected chi connectivity index (χ0v) is 19.9. The number of halogens is 2. The summed E-state index contributed by atoms with van der Waals surface area (Å²) in [5.41, 5.74) is 0.0875. The van der Waals surface area contributed by atoms with Gasteiger partial charge >= 0.3 is 6.61 Å². The van der Waals surface area contributed by atoms with E-state index in [2.05, 4.69) is 10.1 Å². The van der Waals surface area contributed by atoms with Crippen molar-refractivity contribution in [3.8, 4) is 5.75 Å². The number of benzene rings is 2. The molecule has 2 aromatic carbocycles. The van der Waals surface area contributed by atoms with Gasteiger partial charge in [-0.15, -0.1) is 0 Å². The van der Waals surface area contributed by atoms with Crippen molar-refractivity contribution in [1.82, 2.24) is 5.32 Å². The molecule has 1 fully saturated rings. The average molecular weight is 493 g/mol. The Labute approximate surface area is 197 Å². The van der Waals surface area contributed by atoms with Crippen molar-refractivity contribution in [2.24, 2.45) is 0 Å². The minimum Gasteiger partial charge on any atom is -0.435 e. The molecule has 0 bridgehead atoms. The lowest BCUT2D eigenvalue weighted by molar-refractivity contribution is -0.122.